The number of rotatable bonds is 7. The summed E-state index contributed by atoms with van der Waals surface area (Å²) in [5, 5.41) is 14.4. The zero-order chi connectivity index (χ0) is 15.2. The van der Waals surface area contributed by atoms with Gasteiger partial charge in [0.05, 0.1) is 23.1 Å². The Kier molecular flexibility index (Phi) is 5.16. The van der Waals surface area contributed by atoms with Crippen LogP contribution < -0.4 is 15.2 Å². The first-order valence-corrected chi connectivity index (χ1v) is 7.56. The molecule has 1 heterocycles. The van der Waals surface area contributed by atoms with Gasteiger partial charge in [0.15, 0.2) is 5.13 Å². The second-order valence-electron chi connectivity index (χ2n) is 4.49. The minimum Gasteiger partial charge on any atom is -0.544 e. The Labute approximate surface area is 127 Å². The van der Waals surface area contributed by atoms with Crippen LogP contribution in [-0.4, -0.2) is 24.1 Å². The number of carboxylic acid groups (broad SMARTS) is 1. The fraction of sp³-hybridized carbons (Fsp3) is 0.333. The lowest BCUT2D eigenvalue weighted by Gasteiger charge is -2.07. The molecule has 1 N–H and O–H groups in total. The SMILES string of the molecule is CCc1ccc(OCCNc2nc(C)c(C(=O)[O-])s2)cc1. The van der Waals surface area contributed by atoms with E-state index in [1.807, 2.05) is 24.3 Å². The van der Waals surface area contributed by atoms with Gasteiger partial charge in [-0.15, -0.1) is 0 Å². The van der Waals surface area contributed by atoms with Crippen LogP contribution in [0.25, 0.3) is 0 Å². The summed E-state index contributed by atoms with van der Waals surface area (Å²) in [6, 6.07) is 7.97. The Bertz CT molecular complexity index is 608. The topological polar surface area (TPSA) is 74.3 Å². The third-order valence-corrected chi connectivity index (χ3v) is 4.06. The predicted octanol–water partition coefficient (Wildman–Crippen LogP) is 1.87. The molecule has 112 valence electrons. The third kappa shape index (κ3) is 4.19. The Morgan fingerprint density at radius 2 is 2.10 bits per heavy atom. The van der Waals surface area contributed by atoms with E-state index < -0.39 is 5.97 Å². The summed E-state index contributed by atoms with van der Waals surface area (Å²) in [5.41, 5.74) is 1.74. The highest BCUT2D eigenvalue weighted by Crippen LogP contribution is 2.21. The zero-order valence-corrected chi connectivity index (χ0v) is 12.8. The molecule has 0 saturated carbocycles. The number of aromatic nitrogens is 1. The van der Waals surface area contributed by atoms with Crippen LogP contribution in [0.4, 0.5) is 5.13 Å². The highest BCUT2D eigenvalue weighted by atomic mass is 32.1. The largest absolute Gasteiger partial charge is 0.544 e. The van der Waals surface area contributed by atoms with E-state index in [2.05, 4.69) is 17.2 Å². The summed E-state index contributed by atoms with van der Waals surface area (Å²) in [5.74, 6) is -0.370. The van der Waals surface area contributed by atoms with Crippen molar-refractivity contribution in [2.45, 2.75) is 20.3 Å². The van der Waals surface area contributed by atoms with Gasteiger partial charge in [0.2, 0.25) is 0 Å². The molecular weight excluding hydrogens is 288 g/mol. The number of anilines is 1. The smallest absolute Gasteiger partial charge is 0.183 e. The Morgan fingerprint density at radius 1 is 1.38 bits per heavy atom. The molecule has 0 aliphatic carbocycles. The molecule has 0 unspecified atom stereocenters. The van der Waals surface area contributed by atoms with Crippen molar-refractivity contribution in [1.29, 1.82) is 0 Å². The number of aryl methyl sites for hydroxylation is 2. The Hall–Kier alpha value is -2.08. The average Bonchev–Trinajstić information content (AvgIpc) is 2.85. The highest BCUT2D eigenvalue weighted by molar-refractivity contribution is 7.17. The number of carbonyl (C=O) groups excluding carboxylic acids is 1. The maximum atomic E-state index is 10.8. The van der Waals surface area contributed by atoms with Crippen molar-refractivity contribution >= 4 is 22.4 Å². The third-order valence-electron chi connectivity index (χ3n) is 2.96. The summed E-state index contributed by atoms with van der Waals surface area (Å²) in [7, 11) is 0. The van der Waals surface area contributed by atoms with E-state index in [-0.39, 0.29) is 4.88 Å². The normalized spacial score (nSPS) is 10.4. The lowest BCUT2D eigenvalue weighted by atomic mass is 10.2. The van der Waals surface area contributed by atoms with Crippen LogP contribution >= 0.6 is 11.3 Å². The van der Waals surface area contributed by atoms with E-state index >= 15 is 0 Å². The van der Waals surface area contributed by atoms with Crippen LogP contribution in [-0.2, 0) is 6.42 Å². The average molecular weight is 305 g/mol. The molecule has 2 aromatic rings. The number of thiazole rings is 1. The van der Waals surface area contributed by atoms with Gasteiger partial charge in [-0.1, -0.05) is 30.4 Å². The van der Waals surface area contributed by atoms with E-state index in [1.54, 1.807) is 6.92 Å². The van der Waals surface area contributed by atoms with Crippen molar-refractivity contribution in [2.24, 2.45) is 0 Å². The summed E-state index contributed by atoms with van der Waals surface area (Å²) in [6.07, 6.45) is 1.01. The van der Waals surface area contributed by atoms with Crippen LogP contribution in [0.5, 0.6) is 5.75 Å². The number of carbonyl (C=O) groups is 1. The van der Waals surface area contributed by atoms with Gasteiger partial charge in [-0.25, -0.2) is 4.98 Å². The second kappa shape index (κ2) is 7.08. The minimum absolute atomic E-state index is 0.161. The summed E-state index contributed by atoms with van der Waals surface area (Å²) >= 11 is 1.08. The molecule has 0 aliphatic heterocycles. The number of nitrogens with zero attached hydrogens (tertiary/aromatic N) is 1. The quantitative estimate of drug-likeness (QED) is 0.790. The Balaban J connectivity index is 1.79. The lowest BCUT2D eigenvalue weighted by Crippen LogP contribution is -2.21. The van der Waals surface area contributed by atoms with E-state index in [9.17, 15) is 9.90 Å². The molecular formula is C15H17N2O3S-. The molecule has 1 aromatic carbocycles. The molecule has 0 bridgehead atoms. The molecule has 0 spiro atoms. The monoisotopic (exact) mass is 305 g/mol. The number of nitrogens with one attached hydrogen (secondary N) is 1. The van der Waals surface area contributed by atoms with Crippen molar-refractivity contribution in [1.82, 2.24) is 4.98 Å². The number of hydrogen-bond acceptors (Lipinski definition) is 6. The van der Waals surface area contributed by atoms with Crippen LogP contribution in [0, 0.1) is 6.92 Å². The van der Waals surface area contributed by atoms with Crippen molar-refractivity contribution in [3.05, 3.63) is 40.4 Å². The van der Waals surface area contributed by atoms with Gasteiger partial charge >= 0.3 is 0 Å². The molecule has 5 nitrogen and oxygen atoms in total. The molecule has 2 rings (SSSR count). The number of hydrogen-bond donors (Lipinski definition) is 1. The summed E-state index contributed by atoms with van der Waals surface area (Å²) in [4.78, 5) is 15.1. The van der Waals surface area contributed by atoms with Gasteiger partial charge in [0, 0.05) is 0 Å². The van der Waals surface area contributed by atoms with E-state index in [0.29, 0.717) is 24.0 Å². The van der Waals surface area contributed by atoms with Gasteiger partial charge in [-0.2, -0.15) is 0 Å². The Morgan fingerprint density at radius 3 is 2.67 bits per heavy atom. The number of carboxylic acids is 1. The molecule has 0 aliphatic rings. The fourth-order valence-corrected chi connectivity index (χ4v) is 2.64. The highest BCUT2D eigenvalue weighted by Gasteiger charge is 2.07. The molecule has 21 heavy (non-hydrogen) atoms. The van der Waals surface area contributed by atoms with Crippen molar-refractivity contribution in [2.75, 3.05) is 18.5 Å². The van der Waals surface area contributed by atoms with Crippen LogP contribution in [0.1, 0.15) is 27.9 Å². The summed E-state index contributed by atoms with van der Waals surface area (Å²) in [6.45, 7) is 4.79. The van der Waals surface area contributed by atoms with Crippen LogP contribution in [0.2, 0.25) is 0 Å². The first kappa shape index (κ1) is 15.3. The molecule has 0 fully saturated rings. The number of ether oxygens (including phenoxy) is 1. The van der Waals surface area contributed by atoms with Gasteiger partial charge in [-0.05, 0) is 31.0 Å². The first-order valence-electron chi connectivity index (χ1n) is 6.74. The standard InChI is InChI=1S/C15H18N2O3S/c1-3-11-4-6-12(7-5-11)20-9-8-16-15-17-10(2)13(21-15)14(18)19/h4-7H,3,8-9H2,1-2H3,(H,16,17)(H,18,19)/p-1. The van der Waals surface area contributed by atoms with Gasteiger partial charge in [0.25, 0.3) is 0 Å². The number of aromatic carboxylic acids is 1. The minimum atomic E-state index is -1.19. The van der Waals surface area contributed by atoms with Crippen molar-refractivity contribution < 1.29 is 14.6 Å². The molecule has 1 aromatic heterocycles. The van der Waals surface area contributed by atoms with Gasteiger partial charge in [-0.3, -0.25) is 0 Å². The van der Waals surface area contributed by atoms with E-state index in [0.717, 1.165) is 23.5 Å². The lowest BCUT2D eigenvalue weighted by molar-refractivity contribution is -0.254. The number of benzene rings is 1. The molecule has 0 amide bonds. The molecule has 0 radical (unpaired) electrons. The maximum absolute atomic E-state index is 10.8. The first-order chi connectivity index (χ1) is 10.1. The predicted molar refractivity (Wildman–Crippen MR) is 81.0 cm³/mol. The molecule has 0 atom stereocenters. The zero-order valence-electron chi connectivity index (χ0n) is 12.0. The summed E-state index contributed by atoms with van der Waals surface area (Å²) < 4.78 is 5.60. The molecule has 0 saturated heterocycles. The van der Waals surface area contributed by atoms with Gasteiger partial charge < -0.3 is 20.0 Å². The van der Waals surface area contributed by atoms with E-state index in [4.69, 9.17) is 4.74 Å². The van der Waals surface area contributed by atoms with Crippen LogP contribution in [0.3, 0.4) is 0 Å². The van der Waals surface area contributed by atoms with Crippen LogP contribution in [0.15, 0.2) is 24.3 Å². The molecule has 6 heteroatoms. The fourth-order valence-electron chi connectivity index (χ4n) is 1.81. The maximum Gasteiger partial charge on any atom is 0.183 e. The second-order valence-corrected chi connectivity index (χ2v) is 5.49. The van der Waals surface area contributed by atoms with Crippen molar-refractivity contribution in [3.63, 3.8) is 0 Å². The van der Waals surface area contributed by atoms with Crippen molar-refractivity contribution in [3.8, 4) is 5.75 Å². The van der Waals surface area contributed by atoms with Gasteiger partial charge in [0.1, 0.15) is 12.4 Å². The van der Waals surface area contributed by atoms with E-state index in [1.165, 1.54) is 5.56 Å².